The summed E-state index contributed by atoms with van der Waals surface area (Å²) in [6.45, 7) is 3.33. The largest absolute Gasteiger partial charge is 0.450 e. The number of ether oxygens (including phenoxy) is 1. The van der Waals surface area contributed by atoms with Crippen LogP contribution in [0.1, 0.15) is 19.8 Å². The number of fused-ring (bicyclic) bond motifs is 1. The maximum atomic E-state index is 12.4. The van der Waals surface area contributed by atoms with Crippen molar-refractivity contribution >= 4 is 39.4 Å². The van der Waals surface area contributed by atoms with Gasteiger partial charge in [-0.05, 0) is 44.0 Å². The first-order valence-electron chi connectivity index (χ1n) is 10.1. The number of hydrogen-bond donors (Lipinski definition) is 2. The molecule has 2 N–H and O–H groups in total. The van der Waals surface area contributed by atoms with Crippen LogP contribution in [-0.4, -0.2) is 47.7 Å². The van der Waals surface area contributed by atoms with Crippen LogP contribution < -0.4 is 10.6 Å². The summed E-state index contributed by atoms with van der Waals surface area (Å²) in [6, 6.07) is 15.5. The molecule has 1 aliphatic rings. The summed E-state index contributed by atoms with van der Waals surface area (Å²) in [5.41, 5.74) is 2.66. The third-order valence-corrected chi connectivity index (χ3v) is 6.10. The number of nitrogens with zero attached hydrogens (tertiary/aromatic N) is 2. The number of likely N-dealkylation sites (tertiary alicyclic amines) is 1. The average Bonchev–Trinajstić information content (AvgIpc) is 3.19. The molecule has 0 spiro atoms. The van der Waals surface area contributed by atoms with E-state index in [0.717, 1.165) is 20.8 Å². The predicted octanol–water partition coefficient (Wildman–Crippen LogP) is 4.71. The van der Waals surface area contributed by atoms with Crippen LogP contribution >= 0.6 is 11.3 Å². The van der Waals surface area contributed by atoms with Crippen molar-refractivity contribution in [2.45, 2.75) is 25.8 Å². The van der Waals surface area contributed by atoms with Crippen LogP contribution in [0.5, 0.6) is 0 Å². The highest BCUT2D eigenvalue weighted by Gasteiger charge is 2.24. The number of thiazole rings is 1. The fraction of sp³-hybridized carbons (Fsp3) is 0.318. The monoisotopic (exact) mass is 424 g/mol. The molecule has 3 amide bonds. The standard InChI is InChI=1S/C22H24N4O3S/c1-2-29-22(28)26-12-10-16(11-13-26)23-21(27)24-17-7-5-6-15(14-17)20-25-18-8-3-4-9-19(18)30-20/h3-9,14,16H,2,10-13H2,1H3,(H2,23,24,27). The van der Waals surface area contributed by atoms with Gasteiger partial charge < -0.3 is 20.3 Å². The van der Waals surface area contributed by atoms with Crippen molar-refractivity contribution in [1.82, 2.24) is 15.2 Å². The van der Waals surface area contributed by atoms with Crippen LogP contribution in [0.25, 0.3) is 20.8 Å². The molecule has 3 aromatic rings. The van der Waals surface area contributed by atoms with E-state index in [1.54, 1.807) is 23.2 Å². The molecule has 4 rings (SSSR count). The van der Waals surface area contributed by atoms with E-state index in [1.807, 2.05) is 42.5 Å². The molecule has 1 aliphatic heterocycles. The Bertz CT molecular complexity index is 1010. The summed E-state index contributed by atoms with van der Waals surface area (Å²) >= 11 is 1.63. The Morgan fingerprint density at radius 1 is 1.17 bits per heavy atom. The summed E-state index contributed by atoms with van der Waals surface area (Å²) in [5, 5.41) is 6.83. The molecule has 1 aromatic heterocycles. The maximum absolute atomic E-state index is 12.4. The molecule has 8 heteroatoms. The van der Waals surface area contributed by atoms with Crippen molar-refractivity contribution in [3.8, 4) is 10.6 Å². The molecule has 30 heavy (non-hydrogen) atoms. The Hall–Kier alpha value is -3.13. The smallest absolute Gasteiger partial charge is 0.409 e. The molecule has 0 saturated carbocycles. The molecule has 0 bridgehead atoms. The number of aromatic nitrogens is 1. The second kappa shape index (κ2) is 9.13. The lowest BCUT2D eigenvalue weighted by atomic mass is 10.1. The molecule has 0 unspecified atom stereocenters. The highest BCUT2D eigenvalue weighted by atomic mass is 32.1. The number of para-hydroxylation sites is 1. The molecule has 1 saturated heterocycles. The van der Waals surface area contributed by atoms with Crippen LogP contribution in [0, 0.1) is 0 Å². The molecule has 2 aromatic carbocycles. The van der Waals surface area contributed by atoms with E-state index in [4.69, 9.17) is 4.74 Å². The fourth-order valence-electron chi connectivity index (χ4n) is 3.50. The summed E-state index contributed by atoms with van der Waals surface area (Å²) < 4.78 is 6.16. The van der Waals surface area contributed by atoms with Gasteiger partial charge in [-0.3, -0.25) is 0 Å². The fourth-order valence-corrected chi connectivity index (χ4v) is 4.46. The van der Waals surface area contributed by atoms with Gasteiger partial charge in [-0.25, -0.2) is 14.6 Å². The molecule has 0 radical (unpaired) electrons. The van der Waals surface area contributed by atoms with Crippen LogP contribution in [-0.2, 0) is 4.74 Å². The Labute approximate surface area is 179 Å². The van der Waals surface area contributed by atoms with Crippen molar-refractivity contribution in [2.75, 3.05) is 25.0 Å². The van der Waals surface area contributed by atoms with Gasteiger partial charge in [0.15, 0.2) is 0 Å². The normalized spacial score (nSPS) is 14.5. The second-order valence-electron chi connectivity index (χ2n) is 7.13. The van der Waals surface area contributed by atoms with Crippen LogP contribution in [0.3, 0.4) is 0 Å². The number of piperidine rings is 1. The first kappa shape index (κ1) is 20.2. The van der Waals surface area contributed by atoms with Gasteiger partial charge >= 0.3 is 12.1 Å². The zero-order valence-corrected chi connectivity index (χ0v) is 17.6. The van der Waals surface area contributed by atoms with E-state index >= 15 is 0 Å². The van der Waals surface area contributed by atoms with Gasteiger partial charge in [0.1, 0.15) is 5.01 Å². The Balaban J connectivity index is 1.34. The molecule has 1 fully saturated rings. The van der Waals surface area contributed by atoms with Gasteiger partial charge in [-0.1, -0.05) is 24.3 Å². The SMILES string of the molecule is CCOC(=O)N1CCC(NC(=O)Nc2cccc(-c3nc4ccccc4s3)c2)CC1. The topological polar surface area (TPSA) is 83.6 Å². The lowest BCUT2D eigenvalue weighted by Gasteiger charge is -2.31. The van der Waals surface area contributed by atoms with Crippen molar-refractivity contribution < 1.29 is 14.3 Å². The number of amides is 3. The Morgan fingerprint density at radius 2 is 1.97 bits per heavy atom. The molecule has 0 atom stereocenters. The molecule has 7 nitrogen and oxygen atoms in total. The number of nitrogens with one attached hydrogen (secondary N) is 2. The van der Waals surface area contributed by atoms with E-state index < -0.39 is 0 Å². The first-order chi connectivity index (χ1) is 14.6. The van der Waals surface area contributed by atoms with Crippen molar-refractivity contribution in [1.29, 1.82) is 0 Å². The Kier molecular flexibility index (Phi) is 6.13. The van der Waals surface area contributed by atoms with Gasteiger partial charge in [-0.15, -0.1) is 11.3 Å². The lowest BCUT2D eigenvalue weighted by molar-refractivity contribution is 0.0959. The van der Waals surface area contributed by atoms with Crippen LogP contribution in [0.15, 0.2) is 48.5 Å². The zero-order chi connectivity index (χ0) is 20.9. The highest BCUT2D eigenvalue weighted by Crippen LogP contribution is 2.31. The van der Waals surface area contributed by atoms with Crippen LogP contribution in [0.2, 0.25) is 0 Å². The first-order valence-corrected chi connectivity index (χ1v) is 10.9. The third-order valence-electron chi connectivity index (χ3n) is 5.02. The number of urea groups is 1. The summed E-state index contributed by atoms with van der Waals surface area (Å²) in [5.74, 6) is 0. The molecule has 2 heterocycles. The van der Waals surface area contributed by atoms with Crippen molar-refractivity contribution in [3.05, 3.63) is 48.5 Å². The van der Waals surface area contributed by atoms with Gasteiger partial charge in [-0.2, -0.15) is 0 Å². The van der Waals surface area contributed by atoms with Gasteiger partial charge in [0.2, 0.25) is 0 Å². The third kappa shape index (κ3) is 4.71. The number of carbonyl (C=O) groups is 2. The number of rotatable bonds is 4. The lowest BCUT2D eigenvalue weighted by Crippen LogP contribution is -2.47. The van der Waals surface area contributed by atoms with E-state index in [0.29, 0.717) is 38.2 Å². The van der Waals surface area contributed by atoms with Crippen molar-refractivity contribution in [3.63, 3.8) is 0 Å². The van der Waals surface area contributed by atoms with Gasteiger partial charge in [0.25, 0.3) is 0 Å². The number of carbonyl (C=O) groups excluding carboxylic acids is 2. The number of anilines is 1. The summed E-state index contributed by atoms with van der Waals surface area (Å²) in [6.07, 6.45) is 1.13. The summed E-state index contributed by atoms with van der Waals surface area (Å²) in [4.78, 5) is 30.6. The van der Waals surface area contributed by atoms with Crippen LogP contribution in [0.4, 0.5) is 15.3 Å². The molecule has 156 valence electrons. The predicted molar refractivity (Wildman–Crippen MR) is 119 cm³/mol. The minimum Gasteiger partial charge on any atom is -0.450 e. The molecular formula is C22H24N4O3S. The average molecular weight is 425 g/mol. The number of hydrogen-bond acceptors (Lipinski definition) is 5. The van der Waals surface area contributed by atoms with E-state index in [-0.39, 0.29) is 18.2 Å². The van der Waals surface area contributed by atoms with E-state index in [1.165, 1.54) is 0 Å². The molecular weight excluding hydrogens is 400 g/mol. The van der Waals surface area contributed by atoms with Gasteiger partial charge in [0, 0.05) is 30.4 Å². The zero-order valence-electron chi connectivity index (χ0n) is 16.8. The maximum Gasteiger partial charge on any atom is 0.409 e. The Morgan fingerprint density at radius 3 is 2.73 bits per heavy atom. The van der Waals surface area contributed by atoms with E-state index in [2.05, 4.69) is 21.7 Å². The minimum atomic E-state index is -0.285. The minimum absolute atomic E-state index is 0.0307. The quantitative estimate of drug-likeness (QED) is 0.636. The second-order valence-corrected chi connectivity index (χ2v) is 8.16. The van der Waals surface area contributed by atoms with Gasteiger partial charge in [0.05, 0.1) is 16.8 Å². The molecule has 0 aliphatic carbocycles. The highest BCUT2D eigenvalue weighted by molar-refractivity contribution is 7.21. The van der Waals surface area contributed by atoms with Crippen molar-refractivity contribution in [2.24, 2.45) is 0 Å². The number of benzene rings is 2. The van der Waals surface area contributed by atoms with E-state index in [9.17, 15) is 9.59 Å². The summed E-state index contributed by atoms with van der Waals surface area (Å²) in [7, 11) is 0.